The molecule has 2 N–H and O–H groups in total. The first-order chi connectivity index (χ1) is 14.0. The van der Waals surface area contributed by atoms with Crippen LogP contribution in [0.5, 0.6) is 5.75 Å². The van der Waals surface area contributed by atoms with Gasteiger partial charge in [-0.2, -0.15) is 4.72 Å². The molecule has 30 heavy (non-hydrogen) atoms. The fraction of sp³-hybridized carbons (Fsp3) is 0.435. The molecule has 0 aliphatic heterocycles. The van der Waals surface area contributed by atoms with Gasteiger partial charge in [0.25, 0.3) is 0 Å². The molecule has 0 spiro atoms. The van der Waals surface area contributed by atoms with Crippen molar-refractivity contribution < 1.29 is 17.9 Å². The fourth-order valence-electron chi connectivity index (χ4n) is 3.33. The van der Waals surface area contributed by atoms with Gasteiger partial charge in [0, 0.05) is 0 Å². The molecule has 0 radical (unpaired) electrons. The number of ether oxygens (including phenoxy) is 1. The van der Waals surface area contributed by atoms with Crippen LogP contribution in [-0.2, 0) is 14.8 Å². The van der Waals surface area contributed by atoms with Gasteiger partial charge in [0.2, 0.25) is 15.9 Å². The van der Waals surface area contributed by atoms with Gasteiger partial charge < -0.3 is 10.1 Å². The predicted octanol–water partition coefficient (Wildman–Crippen LogP) is 3.86. The maximum atomic E-state index is 12.7. The van der Waals surface area contributed by atoms with Crippen molar-refractivity contribution >= 4 is 15.9 Å². The summed E-state index contributed by atoms with van der Waals surface area (Å²) < 4.78 is 33.4. The van der Waals surface area contributed by atoms with Gasteiger partial charge in [-0.1, -0.05) is 12.1 Å². The minimum Gasteiger partial charge on any atom is -0.494 e. The van der Waals surface area contributed by atoms with Crippen LogP contribution in [0.1, 0.15) is 54.6 Å². The molecular formula is C23H32N2O4S. The van der Waals surface area contributed by atoms with E-state index in [2.05, 4.69) is 29.1 Å². The van der Waals surface area contributed by atoms with Crippen molar-refractivity contribution in [1.82, 2.24) is 10.0 Å². The molecule has 0 aromatic heterocycles. The van der Waals surface area contributed by atoms with Gasteiger partial charge in [-0.25, -0.2) is 8.42 Å². The number of carbonyl (C=O) groups is 1. The van der Waals surface area contributed by atoms with Crippen LogP contribution in [0.15, 0.2) is 35.2 Å². The lowest BCUT2D eigenvalue weighted by atomic mass is 9.96. The normalized spacial score (nSPS) is 13.6. The van der Waals surface area contributed by atoms with Crippen LogP contribution in [0.2, 0.25) is 0 Å². The minimum atomic E-state index is -3.85. The molecule has 2 aromatic rings. The number of carbonyl (C=O) groups excluding carboxylic acids is 1. The highest BCUT2D eigenvalue weighted by Crippen LogP contribution is 2.23. The molecule has 1 amide bonds. The Morgan fingerprint density at radius 2 is 1.60 bits per heavy atom. The Hall–Kier alpha value is -2.38. The number of benzene rings is 2. The monoisotopic (exact) mass is 432 g/mol. The van der Waals surface area contributed by atoms with Gasteiger partial charge in [0.1, 0.15) is 5.75 Å². The lowest BCUT2D eigenvalue weighted by Crippen LogP contribution is -2.45. The Kier molecular flexibility index (Phi) is 7.66. The average molecular weight is 433 g/mol. The molecule has 7 heteroatoms. The van der Waals surface area contributed by atoms with Gasteiger partial charge >= 0.3 is 0 Å². The molecule has 0 bridgehead atoms. The van der Waals surface area contributed by atoms with Crippen LogP contribution in [-0.4, -0.2) is 27.0 Å². The van der Waals surface area contributed by atoms with Gasteiger partial charge in [0.15, 0.2) is 0 Å². The zero-order valence-electron chi connectivity index (χ0n) is 18.8. The third-order valence-corrected chi connectivity index (χ3v) is 6.73. The zero-order valence-corrected chi connectivity index (χ0v) is 19.6. The molecule has 2 aromatic carbocycles. The summed E-state index contributed by atoms with van der Waals surface area (Å²) in [6, 6.07) is 7.64. The predicted molar refractivity (Wildman–Crippen MR) is 119 cm³/mol. The molecule has 0 saturated carbocycles. The second kappa shape index (κ2) is 9.62. The lowest BCUT2D eigenvalue weighted by molar-refractivity contribution is -0.123. The fourth-order valence-corrected chi connectivity index (χ4v) is 4.61. The smallest absolute Gasteiger partial charge is 0.241 e. The number of hydrogen-bond acceptors (Lipinski definition) is 4. The van der Waals surface area contributed by atoms with Crippen LogP contribution in [0.25, 0.3) is 0 Å². The van der Waals surface area contributed by atoms with Crippen molar-refractivity contribution in [3.63, 3.8) is 0 Å². The van der Waals surface area contributed by atoms with Crippen molar-refractivity contribution in [2.24, 2.45) is 0 Å². The Morgan fingerprint density at radius 3 is 2.20 bits per heavy atom. The van der Waals surface area contributed by atoms with Crippen molar-refractivity contribution in [1.29, 1.82) is 0 Å². The number of nitrogens with one attached hydrogen (secondary N) is 2. The van der Waals surface area contributed by atoms with Crippen LogP contribution in [0, 0.1) is 27.7 Å². The largest absolute Gasteiger partial charge is 0.494 e. The Balaban J connectivity index is 2.11. The topological polar surface area (TPSA) is 84.5 Å². The summed E-state index contributed by atoms with van der Waals surface area (Å²) in [5, 5.41) is 2.91. The van der Waals surface area contributed by atoms with E-state index in [0.29, 0.717) is 12.4 Å². The van der Waals surface area contributed by atoms with Crippen LogP contribution < -0.4 is 14.8 Å². The van der Waals surface area contributed by atoms with Crippen LogP contribution in [0.3, 0.4) is 0 Å². The summed E-state index contributed by atoms with van der Waals surface area (Å²) in [5.74, 6) is 0.256. The molecule has 0 fully saturated rings. The van der Waals surface area contributed by atoms with E-state index in [0.717, 1.165) is 22.3 Å². The molecule has 0 heterocycles. The average Bonchev–Trinajstić information content (AvgIpc) is 2.65. The van der Waals surface area contributed by atoms with Gasteiger partial charge in [0.05, 0.1) is 23.6 Å². The number of aryl methyl sites for hydroxylation is 4. The Morgan fingerprint density at radius 1 is 0.967 bits per heavy atom. The van der Waals surface area contributed by atoms with Crippen molar-refractivity contribution in [2.45, 2.75) is 65.4 Å². The molecule has 2 atom stereocenters. The number of sulfonamides is 1. The van der Waals surface area contributed by atoms with Crippen LogP contribution >= 0.6 is 0 Å². The second-order valence-corrected chi connectivity index (χ2v) is 9.44. The van der Waals surface area contributed by atoms with E-state index >= 15 is 0 Å². The van der Waals surface area contributed by atoms with Gasteiger partial charge in [-0.05, 0) is 94.5 Å². The first-order valence-corrected chi connectivity index (χ1v) is 11.6. The molecule has 0 unspecified atom stereocenters. The first-order valence-electron chi connectivity index (χ1n) is 10.1. The summed E-state index contributed by atoms with van der Waals surface area (Å²) in [7, 11) is -3.85. The zero-order chi connectivity index (χ0) is 22.6. The number of amides is 1. The third kappa shape index (κ3) is 5.61. The standard InChI is InChI=1S/C23H32N2O4S/c1-8-29-22-10-9-20(12-17(22)5)30(27,28)25-19(7)23(26)24-18(6)21-13-15(3)14(2)11-16(21)4/h9-13,18-19,25H,8H2,1-7H3,(H,24,26)/t18-,19-/m0/s1. The van der Waals surface area contributed by atoms with Crippen molar-refractivity contribution in [3.8, 4) is 5.75 Å². The lowest BCUT2D eigenvalue weighted by Gasteiger charge is -2.21. The maximum absolute atomic E-state index is 12.7. The molecule has 6 nitrogen and oxygen atoms in total. The van der Waals surface area contributed by atoms with E-state index in [4.69, 9.17) is 4.74 Å². The summed E-state index contributed by atoms with van der Waals surface area (Å²) >= 11 is 0. The van der Waals surface area contributed by atoms with Gasteiger partial charge in [-0.3, -0.25) is 4.79 Å². The summed E-state index contributed by atoms with van der Waals surface area (Å²) in [5.41, 5.74) is 5.17. The molecule has 164 valence electrons. The number of hydrogen-bond donors (Lipinski definition) is 2. The van der Waals surface area contributed by atoms with Gasteiger partial charge in [-0.15, -0.1) is 0 Å². The van der Waals surface area contributed by atoms with Crippen molar-refractivity contribution in [3.05, 3.63) is 58.1 Å². The maximum Gasteiger partial charge on any atom is 0.241 e. The van der Waals surface area contributed by atoms with E-state index in [1.807, 2.05) is 27.7 Å². The third-order valence-electron chi connectivity index (χ3n) is 5.19. The molecule has 0 aliphatic carbocycles. The van der Waals surface area contributed by atoms with E-state index in [1.165, 1.54) is 18.6 Å². The van der Waals surface area contributed by atoms with E-state index in [9.17, 15) is 13.2 Å². The highest BCUT2D eigenvalue weighted by molar-refractivity contribution is 7.89. The summed E-state index contributed by atoms with van der Waals surface area (Å²) in [6.07, 6.45) is 0. The minimum absolute atomic E-state index is 0.0983. The van der Waals surface area contributed by atoms with Crippen LogP contribution in [0.4, 0.5) is 0 Å². The number of rotatable bonds is 8. The quantitative estimate of drug-likeness (QED) is 0.663. The summed E-state index contributed by atoms with van der Waals surface area (Å²) in [4.78, 5) is 12.7. The Bertz CT molecular complexity index is 1030. The molecule has 2 rings (SSSR count). The highest BCUT2D eigenvalue weighted by atomic mass is 32.2. The first kappa shape index (κ1) is 23.9. The Labute approximate surface area is 180 Å². The molecule has 0 saturated heterocycles. The van der Waals surface area contributed by atoms with Crippen molar-refractivity contribution in [2.75, 3.05) is 6.61 Å². The second-order valence-electron chi connectivity index (χ2n) is 7.73. The van der Waals surface area contributed by atoms with E-state index < -0.39 is 16.1 Å². The summed E-state index contributed by atoms with van der Waals surface area (Å²) in [6.45, 7) is 13.7. The van der Waals surface area contributed by atoms with E-state index in [-0.39, 0.29) is 16.8 Å². The van der Waals surface area contributed by atoms with E-state index in [1.54, 1.807) is 19.1 Å². The molecular weight excluding hydrogens is 400 g/mol. The SMILES string of the molecule is CCOc1ccc(S(=O)(=O)N[C@@H](C)C(=O)N[C@@H](C)c2cc(C)c(C)cc2C)cc1C. The molecule has 0 aliphatic rings. The highest BCUT2D eigenvalue weighted by Gasteiger charge is 2.24.